The van der Waals surface area contributed by atoms with Gasteiger partial charge in [-0.25, -0.2) is 0 Å². The maximum atomic E-state index is 10.9. The number of carboxylic acids is 1. The summed E-state index contributed by atoms with van der Waals surface area (Å²) in [7, 11) is 1.58. The minimum Gasteiger partial charge on any atom is -0.493 e. The Bertz CT molecular complexity index is 453. The lowest BCUT2D eigenvalue weighted by atomic mass is 10.0. The van der Waals surface area contributed by atoms with Crippen LogP contribution < -0.4 is 9.47 Å². The summed E-state index contributed by atoms with van der Waals surface area (Å²) in [4.78, 5) is 10.9. The molecule has 0 radical (unpaired) electrons. The molecule has 1 aromatic rings. The first-order valence-electron chi connectivity index (χ1n) is 6.24. The molecule has 0 aromatic heterocycles. The fraction of sp³-hybridized carbons (Fsp3) is 0.500. The Morgan fingerprint density at radius 1 is 1.47 bits per heavy atom. The van der Waals surface area contributed by atoms with E-state index in [1.807, 2.05) is 12.1 Å². The van der Waals surface area contributed by atoms with Gasteiger partial charge in [0.25, 0.3) is 0 Å². The Hall–Kier alpha value is -1.75. The number of ether oxygens (including phenoxy) is 3. The van der Waals surface area contributed by atoms with Crippen molar-refractivity contribution in [2.24, 2.45) is 5.92 Å². The smallest absolute Gasteiger partial charge is 0.306 e. The lowest BCUT2D eigenvalue weighted by molar-refractivity contribution is -0.141. The minimum atomic E-state index is -0.800. The maximum Gasteiger partial charge on any atom is 0.306 e. The van der Waals surface area contributed by atoms with Crippen molar-refractivity contribution in [3.05, 3.63) is 23.8 Å². The van der Waals surface area contributed by atoms with E-state index >= 15 is 0 Å². The predicted molar refractivity (Wildman–Crippen MR) is 68.7 cm³/mol. The number of carboxylic acid groups (broad SMARTS) is 1. The summed E-state index contributed by atoms with van der Waals surface area (Å²) < 4.78 is 16.1. The number of methoxy groups -OCH3 is 1. The molecule has 1 unspecified atom stereocenters. The standard InChI is InChI=1S/C14H18O5/c1-9(14(15)16)5-10-3-4-12(17-2)13(6-10)19-11-7-18-8-11/h3-4,6,9,11H,5,7-8H2,1-2H3,(H,15,16). The van der Waals surface area contributed by atoms with Crippen LogP contribution in [0, 0.1) is 5.92 Å². The Morgan fingerprint density at radius 3 is 2.74 bits per heavy atom. The molecule has 5 nitrogen and oxygen atoms in total. The molecular formula is C14H18O5. The Morgan fingerprint density at radius 2 is 2.21 bits per heavy atom. The summed E-state index contributed by atoms with van der Waals surface area (Å²) in [5, 5.41) is 8.93. The molecule has 0 aliphatic carbocycles. The summed E-state index contributed by atoms with van der Waals surface area (Å²) in [6, 6.07) is 5.51. The van der Waals surface area contributed by atoms with Crippen molar-refractivity contribution in [1.82, 2.24) is 0 Å². The summed E-state index contributed by atoms with van der Waals surface area (Å²) in [6.07, 6.45) is 0.526. The lowest BCUT2D eigenvalue weighted by Gasteiger charge is -2.27. The van der Waals surface area contributed by atoms with E-state index in [0.717, 1.165) is 5.56 Å². The number of hydrogen-bond acceptors (Lipinski definition) is 4. The molecule has 0 saturated carbocycles. The molecule has 1 aliphatic rings. The van der Waals surface area contributed by atoms with E-state index in [1.165, 1.54) is 0 Å². The molecule has 0 spiro atoms. The molecule has 1 fully saturated rings. The van der Waals surface area contributed by atoms with Gasteiger partial charge in [-0.15, -0.1) is 0 Å². The summed E-state index contributed by atoms with van der Waals surface area (Å²) in [5.74, 6) is 0.0727. The Kier molecular flexibility index (Phi) is 4.27. The van der Waals surface area contributed by atoms with E-state index < -0.39 is 11.9 Å². The first-order valence-corrected chi connectivity index (χ1v) is 6.24. The van der Waals surface area contributed by atoms with Gasteiger partial charge in [0.2, 0.25) is 0 Å². The van der Waals surface area contributed by atoms with Gasteiger partial charge in [-0.3, -0.25) is 4.79 Å². The zero-order valence-corrected chi connectivity index (χ0v) is 11.1. The quantitative estimate of drug-likeness (QED) is 0.849. The van der Waals surface area contributed by atoms with E-state index in [1.54, 1.807) is 20.1 Å². The van der Waals surface area contributed by atoms with Gasteiger partial charge >= 0.3 is 5.97 Å². The van der Waals surface area contributed by atoms with Gasteiger partial charge in [0.15, 0.2) is 11.5 Å². The zero-order chi connectivity index (χ0) is 13.8. The van der Waals surface area contributed by atoms with Gasteiger partial charge in [-0.05, 0) is 24.1 Å². The number of carbonyl (C=O) groups is 1. The largest absolute Gasteiger partial charge is 0.493 e. The highest BCUT2D eigenvalue weighted by molar-refractivity contribution is 5.70. The molecule has 1 aromatic carbocycles. The molecule has 1 aliphatic heterocycles. The van der Waals surface area contributed by atoms with Crippen LogP contribution in [-0.4, -0.2) is 37.5 Å². The van der Waals surface area contributed by atoms with Crippen LogP contribution in [0.4, 0.5) is 0 Å². The SMILES string of the molecule is COc1ccc(CC(C)C(=O)O)cc1OC1COC1. The van der Waals surface area contributed by atoms with Gasteiger partial charge in [-0.2, -0.15) is 0 Å². The molecule has 1 heterocycles. The second-order valence-corrected chi connectivity index (χ2v) is 4.71. The first kappa shape index (κ1) is 13.7. The molecular weight excluding hydrogens is 248 g/mol. The fourth-order valence-electron chi connectivity index (χ4n) is 1.84. The average Bonchev–Trinajstić information content (AvgIpc) is 2.34. The van der Waals surface area contributed by atoms with E-state index in [9.17, 15) is 4.79 Å². The third-order valence-electron chi connectivity index (χ3n) is 3.09. The van der Waals surface area contributed by atoms with Crippen LogP contribution in [0.2, 0.25) is 0 Å². The van der Waals surface area contributed by atoms with Crippen molar-refractivity contribution in [3.8, 4) is 11.5 Å². The van der Waals surface area contributed by atoms with Crippen molar-refractivity contribution in [3.63, 3.8) is 0 Å². The van der Waals surface area contributed by atoms with Crippen LogP contribution in [0.1, 0.15) is 12.5 Å². The van der Waals surface area contributed by atoms with Crippen LogP contribution in [0.15, 0.2) is 18.2 Å². The predicted octanol–water partition coefficient (Wildman–Crippen LogP) is 1.74. The summed E-state index contributed by atoms with van der Waals surface area (Å²) in [6.45, 7) is 2.85. The van der Waals surface area contributed by atoms with Crippen LogP contribution in [0.25, 0.3) is 0 Å². The van der Waals surface area contributed by atoms with Gasteiger partial charge in [0, 0.05) is 0 Å². The Balaban J connectivity index is 2.12. The molecule has 0 amide bonds. The molecule has 104 valence electrons. The summed E-state index contributed by atoms with van der Waals surface area (Å²) in [5.41, 5.74) is 0.922. The molecule has 1 saturated heterocycles. The van der Waals surface area contributed by atoms with Crippen LogP contribution >= 0.6 is 0 Å². The number of rotatable bonds is 6. The third-order valence-corrected chi connectivity index (χ3v) is 3.09. The highest BCUT2D eigenvalue weighted by Gasteiger charge is 2.22. The average molecular weight is 266 g/mol. The van der Waals surface area contributed by atoms with Crippen molar-refractivity contribution in [2.75, 3.05) is 20.3 Å². The number of aliphatic carboxylic acids is 1. The molecule has 1 atom stereocenters. The van der Waals surface area contributed by atoms with Crippen molar-refractivity contribution < 1.29 is 24.1 Å². The molecule has 1 N–H and O–H groups in total. The van der Waals surface area contributed by atoms with E-state index in [0.29, 0.717) is 31.1 Å². The van der Waals surface area contributed by atoms with Gasteiger partial charge in [0.05, 0.1) is 26.2 Å². The maximum absolute atomic E-state index is 10.9. The fourth-order valence-corrected chi connectivity index (χ4v) is 1.84. The van der Waals surface area contributed by atoms with Crippen molar-refractivity contribution in [1.29, 1.82) is 0 Å². The van der Waals surface area contributed by atoms with Crippen molar-refractivity contribution in [2.45, 2.75) is 19.4 Å². The third kappa shape index (κ3) is 3.38. The van der Waals surface area contributed by atoms with Gasteiger partial charge in [-0.1, -0.05) is 13.0 Å². The van der Waals surface area contributed by atoms with Gasteiger partial charge < -0.3 is 19.3 Å². The normalized spacial score (nSPS) is 16.5. The highest BCUT2D eigenvalue weighted by atomic mass is 16.6. The topological polar surface area (TPSA) is 65.0 Å². The van der Waals surface area contributed by atoms with E-state index in [-0.39, 0.29) is 6.10 Å². The molecule has 5 heteroatoms. The monoisotopic (exact) mass is 266 g/mol. The van der Waals surface area contributed by atoms with E-state index in [2.05, 4.69) is 0 Å². The second kappa shape index (κ2) is 5.93. The first-order chi connectivity index (χ1) is 9.10. The zero-order valence-electron chi connectivity index (χ0n) is 11.1. The van der Waals surface area contributed by atoms with Gasteiger partial charge in [0.1, 0.15) is 6.10 Å². The Labute approximate surface area is 112 Å². The van der Waals surface area contributed by atoms with Crippen molar-refractivity contribution >= 4 is 5.97 Å². The van der Waals surface area contributed by atoms with Crippen LogP contribution in [0.3, 0.4) is 0 Å². The highest BCUT2D eigenvalue weighted by Crippen LogP contribution is 2.30. The molecule has 2 rings (SSSR count). The number of benzene rings is 1. The minimum absolute atomic E-state index is 0.0565. The van der Waals surface area contributed by atoms with Crippen LogP contribution in [0.5, 0.6) is 11.5 Å². The number of hydrogen-bond donors (Lipinski definition) is 1. The molecule has 0 bridgehead atoms. The van der Waals surface area contributed by atoms with Crippen LogP contribution in [-0.2, 0) is 16.0 Å². The lowest BCUT2D eigenvalue weighted by Crippen LogP contribution is -2.38. The summed E-state index contributed by atoms with van der Waals surface area (Å²) >= 11 is 0. The second-order valence-electron chi connectivity index (χ2n) is 4.71. The van der Waals surface area contributed by atoms with E-state index in [4.69, 9.17) is 19.3 Å². The molecule has 19 heavy (non-hydrogen) atoms.